The van der Waals surface area contributed by atoms with Crippen LogP contribution in [-0.4, -0.2) is 12.6 Å². The zero-order valence-electron chi connectivity index (χ0n) is 10.0. The van der Waals surface area contributed by atoms with Gasteiger partial charge in [0.05, 0.1) is 0 Å². The van der Waals surface area contributed by atoms with Gasteiger partial charge in [0.25, 0.3) is 0 Å². The van der Waals surface area contributed by atoms with Gasteiger partial charge in [-0.1, -0.05) is 17.7 Å². The van der Waals surface area contributed by atoms with Gasteiger partial charge in [-0.2, -0.15) is 0 Å². The average Bonchev–Trinajstić information content (AvgIpc) is 3.18. The maximum atomic E-state index is 6.07. The van der Waals surface area contributed by atoms with E-state index < -0.39 is 0 Å². The first-order chi connectivity index (χ1) is 8.28. The first-order valence-corrected chi connectivity index (χ1v) is 7.18. The molecule has 0 bridgehead atoms. The predicted octanol–water partition coefficient (Wildman–Crippen LogP) is 3.30. The molecular formula is C15H18ClN. The number of hydrogen-bond acceptors (Lipinski definition) is 1. The molecule has 2 atom stereocenters. The van der Waals surface area contributed by atoms with E-state index in [0.717, 1.165) is 17.0 Å². The molecule has 2 fully saturated rings. The Morgan fingerprint density at radius 2 is 2.24 bits per heavy atom. The van der Waals surface area contributed by atoms with E-state index in [1.54, 1.807) is 5.56 Å². The van der Waals surface area contributed by atoms with Crippen LogP contribution in [0.15, 0.2) is 18.2 Å². The third-order valence-corrected chi connectivity index (χ3v) is 5.14. The molecule has 0 amide bonds. The monoisotopic (exact) mass is 247 g/mol. The Hall–Kier alpha value is -0.530. The van der Waals surface area contributed by atoms with Crippen LogP contribution >= 0.6 is 11.6 Å². The highest BCUT2D eigenvalue weighted by molar-refractivity contribution is 6.30. The van der Waals surface area contributed by atoms with Crippen LogP contribution in [0.1, 0.15) is 36.8 Å². The fourth-order valence-corrected chi connectivity index (χ4v) is 3.82. The van der Waals surface area contributed by atoms with E-state index in [0.29, 0.717) is 5.41 Å². The summed E-state index contributed by atoms with van der Waals surface area (Å²) in [6.45, 7) is 1.23. The normalized spacial score (nSPS) is 34.1. The fourth-order valence-electron chi connectivity index (χ4n) is 3.63. The second kappa shape index (κ2) is 3.49. The van der Waals surface area contributed by atoms with Gasteiger partial charge in [-0.15, -0.1) is 0 Å². The van der Waals surface area contributed by atoms with E-state index in [9.17, 15) is 0 Å². The van der Waals surface area contributed by atoms with Crippen molar-refractivity contribution in [1.82, 2.24) is 5.32 Å². The van der Waals surface area contributed by atoms with Gasteiger partial charge < -0.3 is 5.32 Å². The van der Waals surface area contributed by atoms with Gasteiger partial charge >= 0.3 is 0 Å². The lowest BCUT2D eigenvalue weighted by Gasteiger charge is -2.12. The van der Waals surface area contributed by atoms with Crippen LogP contribution in [0.3, 0.4) is 0 Å². The molecule has 1 spiro atoms. The summed E-state index contributed by atoms with van der Waals surface area (Å²) in [6.07, 6.45) is 6.76. The van der Waals surface area contributed by atoms with Gasteiger partial charge in [-0.05, 0) is 67.8 Å². The quantitative estimate of drug-likeness (QED) is 0.864. The molecule has 1 N–H and O–H groups in total. The summed E-state index contributed by atoms with van der Waals surface area (Å²) >= 11 is 6.07. The van der Waals surface area contributed by atoms with Crippen molar-refractivity contribution in [3.8, 4) is 0 Å². The number of rotatable bonds is 3. The molecule has 2 heteroatoms. The first kappa shape index (κ1) is 10.4. The number of fused-ring (bicyclic) bond motifs is 2. The van der Waals surface area contributed by atoms with Gasteiger partial charge in [0.1, 0.15) is 0 Å². The Labute approximate surface area is 108 Å². The third-order valence-electron chi connectivity index (χ3n) is 4.91. The first-order valence-electron chi connectivity index (χ1n) is 6.80. The van der Waals surface area contributed by atoms with Crippen molar-refractivity contribution in [3.63, 3.8) is 0 Å². The van der Waals surface area contributed by atoms with Crippen LogP contribution in [0.5, 0.6) is 0 Å². The van der Waals surface area contributed by atoms with Crippen molar-refractivity contribution in [2.45, 2.75) is 43.6 Å². The maximum Gasteiger partial charge on any atom is 0.0408 e. The molecule has 17 heavy (non-hydrogen) atoms. The van der Waals surface area contributed by atoms with Gasteiger partial charge in [0.2, 0.25) is 0 Å². The number of halogens is 1. The molecule has 0 aliphatic heterocycles. The van der Waals surface area contributed by atoms with E-state index in [-0.39, 0.29) is 0 Å². The Morgan fingerprint density at radius 3 is 3.06 bits per heavy atom. The van der Waals surface area contributed by atoms with Crippen molar-refractivity contribution in [2.75, 3.05) is 6.54 Å². The average molecular weight is 248 g/mol. The highest BCUT2D eigenvalue weighted by atomic mass is 35.5. The molecule has 0 heterocycles. The molecule has 1 nitrogen and oxygen atoms in total. The van der Waals surface area contributed by atoms with Crippen LogP contribution in [0, 0.1) is 5.92 Å². The summed E-state index contributed by atoms with van der Waals surface area (Å²) in [4.78, 5) is 0. The van der Waals surface area contributed by atoms with E-state index in [1.165, 1.54) is 44.2 Å². The standard InChI is InChI=1S/C15H18ClN/c16-12-1-4-14-10(7-12)5-6-15(14)8-11(15)9-17-13-2-3-13/h1,4,7,11,13,17H,2-3,5-6,8-9H2. The number of benzene rings is 1. The molecule has 2 unspecified atom stereocenters. The van der Waals surface area contributed by atoms with Crippen molar-refractivity contribution >= 4 is 11.6 Å². The Balaban J connectivity index is 1.54. The minimum absolute atomic E-state index is 0.530. The van der Waals surface area contributed by atoms with E-state index in [2.05, 4.69) is 23.5 Å². The summed E-state index contributed by atoms with van der Waals surface area (Å²) in [6, 6.07) is 7.37. The molecular weight excluding hydrogens is 230 g/mol. The molecule has 0 saturated heterocycles. The second-order valence-electron chi connectivity index (χ2n) is 6.04. The predicted molar refractivity (Wildman–Crippen MR) is 70.6 cm³/mol. The minimum Gasteiger partial charge on any atom is -0.314 e. The maximum absolute atomic E-state index is 6.07. The van der Waals surface area contributed by atoms with Gasteiger partial charge in [0, 0.05) is 16.5 Å². The van der Waals surface area contributed by atoms with Crippen molar-refractivity contribution in [2.24, 2.45) is 5.92 Å². The molecule has 1 aromatic rings. The lowest BCUT2D eigenvalue weighted by Crippen LogP contribution is -2.22. The lowest BCUT2D eigenvalue weighted by molar-refractivity contribution is 0.546. The minimum atomic E-state index is 0.530. The van der Waals surface area contributed by atoms with Crippen LogP contribution < -0.4 is 5.32 Å². The summed E-state index contributed by atoms with van der Waals surface area (Å²) in [5.41, 5.74) is 3.64. The van der Waals surface area contributed by atoms with Crippen molar-refractivity contribution in [1.29, 1.82) is 0 Å². The smallest absolute Gasteiger partial charge is 0.0408 e. The lowest BCUT2D eigenvalue weighted by atomic mass is 9.95. The van der Waals surface area contributed by atoms with Gasteiger partial charge in [0.15, 0.2) is 0 Å². The molecule has 2 saturated carbocycles. The fraction of sp³-hybridized carbons (Fsp3) is 0.600. The van der Waals surface area contributed by atoms with E-state index >= 15 is 0 Å². The number of nitrogens with one attached hydrogen (secondary N) is 1. The molecule has 1 aromatic carbocycles. The highest BCUT2D eigenvalue weighted by Crippen LogP contribution is 2.61. The number of aryl methyl sites for hydroxylation is 1. The van der Waals surface area contributed by atoms with Gasteiger partial charge in [-0.25, -0.2) is 0 Å². The number of hydrogen-bond donors (Lipinski definition) is 1. The largest absolute Gasteiger partial charge is 0.314 e. The van der Waals surface area contributed by atoms with Crippen molar-refractivity contribution in [3.05, 3.63) is 34.3 Å². The second-order valence-corrected chi connectivity index (χ2v) is 6.48. The van der Waals surface area contributed by atoms with Crippen molar-refractivity contribution < 1.29 is 0 Å². The molecule has 4 rings (SSSR count). The van der Waals surface area contributed by atoms with Crippen LogP contribution in [0.25, 0.3) is 0 Å². The Morgan fingerprint density at radius 1 is 1.35 bits per heavy atom. The van der Waals surface area contributed by atoms with E-state index in [1.807, 2.05) is 0 Å². The highest BCUT2D eigenvalue weighted by Gasteiger charge is 2.57. The van der Waals surface area contributed by atoms with E-state index in [4.69, 9.17) is 11.6 Å². The summed E-state index contributed by atoms with van der Waals surface area (Å²) in [7, 11) is 0. The van der Waals surface area contributed by atoms with Crippen LogP contribution in [-0.2, 0) is 11.8 Å². The SMILES string of the molecule is Clc1ccc2c(c1)CCC21CC1CNC1CC1. The van der Waals surface area contributed by atoms with Crippen LogP contribution in [0.2, 0.25) is 5.02 Å². The van der Waals surface area contributed by atoms with Crippen LogP contribution in [0.4, 0.5) is 0 Å². The third kappa shape index (κ3) is 1.63. The summed E-state index contributed by atoms with van der Waals surface area (Å²) < 4.78 is 0. The molecule has 3 aliphatic rings. The molecule has 3 aliphatic carbocycles. The molecule has 90 valence electrons. The molecule has 0 radical (unpaired) electrons. The Bertz CT molecular complexity index is 466. The zero-order valence-corrected chi connectivity index (χ0v) is 10.8. The summed E-state index contributed by atoms with van der Waals surface area (Å²) in [5, 5.41) is 4.58. The van der Waals surface area contributed by atoms with Gasteiger partial charge in [-0.3, -0.25) is 0 Å². The Kier molecular flexibility index (Phi) is 2.13. The summed E-state index contributed by atoms with van der Waals surface area (Å²) in [5.74, 6) is 0.880. The topological polar surface area (TPSA) is 12.0 Å². The molecule has 0 aromatic heterocycles. The zero-order chi connectivity index (χ0) is 11.5.